The number of rotatable bonds is 5. The second-order valence-corrected chi connectivity index (χ2v) is 8.66. The summed E-state index contributed by atoms with van der Waals surface area (Å²) < 4.78 is 28.1. The van der Waals surface area contributed by atoms with Gasteiger partial charge in [0.25, 0.3) is 0 Å². The molecule has 1 fully saturated rings. The molecule has 1 aliphatic rings. The summed E-state index contributed by atoms with van der Waals surface area (Å²) >= 11 is 5.91. The fourth-order valence-electron chi connectivity index (χ4n) is 3.13. The van der Waals surface area contributed by atoms with Gasteiger partial charge in [0, 0.05) is 17.0 Å². The summed E-state index contributed by atoms with van der Waals surface area (Å²) in [5, 5.41) is 0.676. The Morgan fingerprint density at radius 2 is 1.38 bits per heavy atom. The molecular formula is C21H18ClNO2S. The summed E-state index contributed by atoms with van der Waals surface area (Å²) in [6.45, 7) is 0. The quantitative estimate of drug-likeness (QED) is 0.685. The zero-order valence-corrected chi connectivity index (χ0v) is 15.5. The Bertz CT molecular complexity index is 1000. The molecule has 26 heavy (non-hydrogen) atoms. The highest BCUT2D eigenvalue weighted by Gasteiger charge is 2.41. The Morgan fingerprint density at radius 3 is 2.00 bits per heavy atom. The van der Waals surface area contributed by atoms with Crippen LogP contribution in [0.4, 0.5) is 0 Å². The molecule has 4 rings (SSSR count). The Kier molecular flexibility index (Phi) is 4.57. The van der Waals surface area contributed by atoms with Crippen LogP contribution in [0.5, 0.6) is 0 Å². The van der Waals surface area contributed by atoms with E-state index in [2.05, 4.69) is 4.72 Å². The van der Waals surface area contributed by atoms with Crippen LogP contribution in [0.3, 0.4) is 0 Å². The van der Waals surface area contributed by atoms with Gasteiger partial charge in [-0.25, -0.2) is 13.1 Å². The van der Waals surface area contributed by atoms with Crippen LogP contribution in [0, 0.1) is 0 Å². The largest absolute Gasteiger partial charge is 0.240 e. The third kappa shape index (κ3) is 3.68. The van der Waals surface area contributed by atoms with Crippen molar-refractivity contribution in [2.45, 2.75) is 23.3 Å². The van der Waals surface area contributed by atoms with Gasteiger partial charge < -0.3 is 0 Å². The van der Waals surface area contributed by atoms with Gasteiger partial charge in [-0.3, -0.25) is 0 Å². The SMILES string of the molecule is O=S(=O)(N[C@@H]1C[C@H]1c1ccccc1)c1ccc(-c2ccc(Cl)cc2)cc1. The van der Waals surface area contributed by atoms with E-state index in [1.807, 2.05) is 66.7 Å². The van der Waals surface area contributed by atoms with Gasteiger partial charge >= 0.3 is 0 Å². The van der Waals surface area contributed by atoms with Crippen LogP contribution in [0.25, 0.3) is 11.1 Å². The second-order valence-electron chi connectivity index (χ2n) is 6.51. The molecule has 2 atom stereocenters. The van der Waals surface area contributed by atoms with Crippen molar-refractivity contribution in [1.82, 2.24) is 4.72 Å². The third-order valence-corrected chi connectivity index (χ3v) is 6.42. The normalized spacial score (nSPS) is 19.3. The summed E-state index contributed by atoms with van der Waals surface area (Å²) in [6.07, 6.45) is 0.839. The lowest BCUT2D eigenvalue weighted by atomic mass is 10.1. The minimum atomic E-state index is -3.51. The fourth-order valence-corrected chi connectivity index (χ4v) is 4.55. The van der Waals surface area contributed by atoms with Crippen molar-refractivity contribution in [1.29, 1.82) is 0 Å². The van der Waals surface area contributed by atoms with E-state index in [1.54, 1.807) is 12.1 Å². The average Bonchev–Trinajstić information content (AvgIpc) is 3.41. The highest BCUT2D eigenvalue weighted by molar-refractivity contribution is 7.89. The zero-order chi connectivity index (χ0) is 18.1. The first-order valence-electron chi connectivity index (χ1n) is 8.46. The predicted molar refractivity (Wildman–Crippen MR) is 105 cm³/mol. The van der Waals surface area contributed by atoms with Crippen molar-refractivity contribution in [3.05, 3.63) is 89.4 Å². The average molecular weight is 384 g/mol. The molecule has 0 bridgehead atoms. The number of hydrogen-bond donors (Lipinski definition) is 1. The van der Waals surface area contributed by atoms with Crippen LogP contribution in [0.15, 0.2) is 83.8 Å². The molecule has 5 heteroatoms. The van der Waals surface area contributed by atoms with E-state index >= 15 is 0 Å². The first-order valence-corrected chi connectivity index (χ1v) is 10.3. The Morgan fingerprint density at radius 1 is 0.808 bits per heavy atom. The molecule has 3 nitrogen and oxygen atoms in total. The van der Waals surface area contributed by atoms with Crippen molar-refractivity contribution in [3.8, 4) is 11.1 Å². The summed E-state index contributed by atoms with van der Waals surface area (Å²) in [7, 11) is -3.51. The maximum absolute atomic E-state index is 12.6. The molecule has 3 aromatic rings. The number of hydrogen-bond acceptors (Lipinski definition) is 2. The van der Waals surface area contributed by atoms with Crippen molar-refractivity contribution in [3.63, 3.8) is 0 Å². The number of nitrogens with one attached hydrogen (secondary N) is 1. The van der Waals surface area contributed by atoms with Gasteiger partial charge in [0.05, 0.1) is 4.90 Å². The van der Waals surface area contributed by atoms with E-state index < -0.39 is 10.0 Å². The third-order valence-electron chi connectivity index (χ3n) is 4.67. The van der Waals surface area contributed by atoms with Crippen molar-refractivity contribution in [2.75, 3.05) is 0 Å². The number of benzene rings is 3. The smallest absolute Gasteiger partial charge is 0.207 e. The molecule has 132 valence electrons. The lowest BCUT2D eigenvalue weighted by molar-refractivity contribution is 0.580. The first kappa shape index (κ1) is 17.3. The standard InChI is InChI=1S/C21H18ClNO2S/c22-18-10-6-15(7-11-18)16-8-12-19(13-9-16)26(24,25)23-21-14-20(21)17-4-2-1-3-5-17/h1-13,20-21,23H,14H2/t20-,21+/m0/s1. The van der Waals surface area contributed by atoms with Crippen LogP contribution >= 0.6 is 11.6 Å². The Labute approximate surface area is 158 Å². The lowest BCUT2D eigenvalue weighted by Gasteiger charge is -2.08. The molecule has 0 aliphatic heterocycles. The summed E-state index contributed by atoms with van der Waals surface area (Å²) in [6, 6.07) is 24.4. The maximum Gasteiger partial charge on any atom is 0.240 e. The molecule has 0 spiro atoms. The highest BCUT2D eigenvalue weighted by atomic mass is 35.5. The minimum Gasteiger partial charge on any atom is -0.207 e. The molecule has 0 radical (unpaired) electrons. The molecular weight excluding hydrogens is 366 g/mol. The zero-order valence-electron chi connectivity index (χ0n) is 14.0. The molecule has 1 N–H and O–H groups in total. The van der Waals surface area contributed by atoms with Crippen molar-refractivity contribution >= 4 is 21.6 Å². The lowest BCUT2D eigenvalue weighted by Crippen LogP contribution is -2.26. The topological polar surface area (TPSA) is 46.2 Å². The van der Waals surface area contributed by atoms with E-state index in [-0.39, 0.29) is 16.9 Å². The van der Waals surface area contributed by atoms with Gasteiger partial charge in [0.1, 0.15) is 0 Å². The van der Waals surface area contributed by atoms with E-state index in [0.29, 0.717) is 5.02 Å². The molecule has 0 heterocycles. The van der Waals surface area contributed by atoms with Crippen molar-refractivity contribution < 1.29 is 8.42 Å². The summed E-state index contributed by atoms with van der Waals surface area (Å²) in [4.78, 5) is 0.286. The van der Waals surface area contributed by atoms with E-state index in [0.717, 1.165) is 17.5 Å². The van der Waals surface area contributed by atoms with E-state index in [9.17, 15) is 8.42 Å². The maximum atomic E-state index is 12.6. The fraction of sp³-hybridized carbons (Fsp3) is 0.143. The van der Waals surface area contributed by atoms with Gasteiger partial charge in [-0.1, -0.05) is 66.2 Å². The second kappa shape index (κ2) is 6.88. The Balaban J connectivity index is 1.47. The summed E-state index contributed by atoms with van der Waals surface area (Å²) in [5.74, 6) is 0.263. The minimum absolute atomic E-state index is 0.0293. The van der Waals surface area contributed by atoms with Crippen LogP contribution in [0.1, 0.15) is 17.9 Å². The molecule has 0 aromatic heterocycles. The van der Waals surface area contributed by atoms with Crippen LogP contribution in [-0.4, -0.2) is 14.5 Å². The molecule has 1 saturated carbocycles. The van der Waals surface area contributed by atoms with Gasteiger partial charge in [-0.05, 0) is 47.4 Å². The van der Waals surface area contributed by atoms with Gasteiger partial charge in [-0.2, -0.15) is 0 Å². The van der Waals surface area contributed by atoms with Crippen LogP contribution in [-0.2, 0) is 10.0 Å². The van der Waals surface area contributed by atoms with Crippen molar-refractivity contribution in [2.24, 2.45) is 0 Å². The Hall–Kier alpha value is -2.14. The predicted octanol–water partition coefficient (Wildman–Crippen LogP) is 4.84. The summed E-state index contributed by atoms with van der Waals surface area (Å²) in [5.41, 5.74) is 3.13. The molecule has 0 amide bonds. The van der Waals surface area contributed by atoms with E-state index in [1.165, 1.54) is 5.56 Å². The molecule has 0 saturated heterocycles. The molecule has 0 unspecified atom stereocenters. The van der Waals surface area contributed by atoms with Gasteiger partial charge in [0.2, 0.25) is 10.0 Å². The first-order chi connectivity index (χ1) is 12.5. The molecule has 1 aliphatic carbocycles. The van der Waals surface area contributed by atoms with E-state index in [4.69, 9.17) is 11.6 Å². The molecule has 3 aromatic carbocycles. The van der Waals surface area contributed by atoms with Gasteiger partial charge in [-0.15, -0.1) is 0 Å². The van der Waals surface area contributed by atoms with Crippen LogP contribution in [0.2, 0.25) is 5.02 Å². The number of sulfonamides is 1. The van der Waals surface area contributed by atoms with Crippen LogP contribution < -0.4 is 4.72 Å². The van der Waals surface area contributed by atoms with Gasteiger partial charge in [0.15, 0.2) is 0 Å². The number of halogens is 1. The highest BCUT2D eigenvalue weighted by Crippen LogP contribution is 2.41. The monoisotopic (exact) mass is 383 g/mol.